The molecule has 0 spiro atoms. The maximum absolute atomic E-state index is 5.86. The Hall–Kier alpha value is -2.61. The van der Waals surface area contributed by atoms with Crippen molar-refractivity contribution in [2.75, 3.05) is 0 Å². The smallest absolute Gasteiger partial charge is 0.130 e. The van der Waals surface area contributed by atoms with Gasteiger partial charge in [-0.15, -0.1) is 0 Å². The summed E-state index contributed by atoms with van der Waals surface area (Å²) >= 11 is 0. The van der Waals surface area contributed by atoms with Crippen LogP contribution in [0.1, 0.15) is 11.1 Å². The molecule has 0 bridgehead atoms. The quantitative estimate of drug-likeness (QED) is 0.501. The Bertz CT molecular complexity index is 581. The van der Waals surface area contributed by atoms with Gasteiger partial charge in [0.25, 0.3) is 0 Å². The monoisotopic (exact) mass is 248 g/mol. The first kappa shape index (κ1) is 12.8. The van der Waals surface area contributed by atoms with Crippen molar-refractivity contribution >= 4 is 11.9 Å². The van der Waals surface area contributed by atoms with Crippen LogP contribution in [0.4, 0.5) is 0 Å². The lowest BCUT2D eigenvalue weighted by molar-refractivity contribution is 1.47. The van der Waals surface area contributed by atoms with Crippen LogP contribution in [0.15, 0.2) is 84.0 Å². The third kappa shape index (κ3) is 4.28. The fourth-order valence-electron chi connectivity index (χ4n) is 1.59. The molecule has 0 aromatic heterocycles. The number of rotatable bonds is 4. The van der Waals surface area contributed by atoms with Crippen LogP contribution in [-0.4, -0.2) is 5.84 Å². The molecule has 0 amide bonds. The summed E-state index contributed by atoms with van der Waals surface area (Å²) in [5.74, 6) is 0.518. The third-order valence-electron chi connectivity index (χ3n) is 2.57. The predicted octanol–water partition coefficient (Wildman–Crippen LogP) is 3.62. The molecule has 2 nitrogen and oxygen atoms in total. The van der Waals surface area contributed by atoms with Crippen LogP contribution in [0, 0.1) is 0 Å². The Balaban J connectivity index is 1.95. The number of hydrogen-bond acceptors (Lipinski definition) is 1. The second-order valence-corrected chi connectivity index (χ2v) is 3.99. The normalized spacial score (nSPS) is 12.3. The van der Waals surface area contributed by atoms with E-state index in [-0.39, 0.29) is 0 Å². The molecule has 0 fully saturated rings. The maximum atomic E-state index is 5.86. The van der Waals surface area contributed by atoms with E-state index in [4.69, 9.17) is 5.73 Å². The summed E-state index contributed by atoms with van der Waals surface area (Å²) in [6, 6.07) is 19.8. The minimum atomic E-state index is 0.518. The first-order chi connectivity index (χ1) is 9.36. The minimum Gasteiger partial charge on any atom is -0.383 e. The zero-order valence-electron chi connectivity index (χ0n) is 10.6. The Morgan fingerprint density at radius 3 is 2.16 bits per heavy atom. The molecule has 19 heavy (non-hydrogen) atoms. The Morgan fingerprint density at radius 1 is 0.842 bits per heavy atom. The highest BCUT2D eigenvalue weighted by molar-refractivity contribution is 5.97. The molecule has 0 aliphatic carbocycles. The number of nitrogens with two attached hydrogens (primary N) is 1. The van der Waals surface area contributed by atoms with Crippen molar-refractivity contribution in [1.82, 2.24) is 0 Å². The molecule has 0 heterocycles. The van der Waals surface area contributed by atoms with Gasteiger partial charge in [-0.25, -0.2) is 4.99 Å². The molecule has 0 atom stereocenters. The van der Waals surface area contributed by atoms with Crippen molar-refractivity contribution in [2.24, 2.45) is 10.7 Å². The number of hydrogen-bond donors (Lipinski definition) is 1. The minimum absolute atomic E-state index is 0.518. The number of aliphatic imine (C=N–C) groups is 1. The molecule has 2 rings (SSSR count). The molecule has 2 N–H and O–H groups in total. The number of nitrogens with zero attached hydrogens (tertiary/aromatic N) is 1. The largest absolute Gasteiger partial charge is 0.383 e. The molecule has 2 aromatic carbocycles. The Labute approximate surface area is 113 Å². The van der Waals surface area contributed by atoms with Crippen molar-refractivity contribution in [3.8, 4) is 0 Å². The van der Waals surface area contributed by atoms with E-state index in [1.54, 1.807) is 6.20 Å². The average molecular weight is 248 g/mol. The second kappa shape index (κ2) is 6.97. The third-order valence-corrected chi connectivity index (χ3v) is 2.57. The SMILES string of the molecule is NC(=NC=CC=Cc1ccccc1)c1ccccc1. The van der Waals surface area contributed by atoms with Gasteiger partial charge in [0.1, 0.15) is 5.84 Å². The van der Waals surface area contributed by atoms with Crippen LogP contribution < -0.4 is 5.73 Å². The van der Waals surface area contributed by atoms with Crippen LogP contribution in [-0.2, 0) is 0 Å². The molecule has 2 heteroatoms. The summed E-state index contributed by atoms with van der Waals surface area (Å²) in [4.78, 5) is 4.19. The maximum Gasteiger partial charge on any atom is 0.130 e. The number of benzene rings is 2. The van der Waals surface area contributed by atoms with E-state index in [0.29, 0.717) is 5.84 Å². The summed E-state index contributed by atoms with van der Waals surface area (Å²) in [6.45, 7) is 0. The van der Waals surface area contributed by atoms with Crippen LogP contribution in [0.25, 0.3) is 6.08 Å². The van der Waals surface area contributed by atoms with Gasteiger partial charge in [0.15, 0.2) is 0 Å². The van der Waals surface area contributed by atoms with Crippen LogP contribution in [0.5, 0.6) is 0 Å². The second-order valence-electron chi connectivity index (χ2n) is 3.99. The highest BCUT2D eigenvalue weighted by Gasteiger charge is 1.92. The van der Waals surface area contributed by atoms with Gasteiger partial charge in [0.05, 0.1) is 0 Å². The topological polar surface area (TPSA) is 38.4 Å². The first-order valence-corrected chi connectivity index (χ1v) is 6.13. The predicted molar refractivity (Wildman–Crippen MR) is 81.8 cm³/mol. The molecule has 0 aliphatic rings. The molecular formula is C17H16N2. The van der Waals surface area contributed by atoms with E-state index in [1.165, 1.54) is 0 Å². The molecule has 0 saturated carbocycles. The van der Waals surface area contributed by atoms with E-state index in [1.807, 2.05) is 78.9 Å². The van der Waals surface area contributed by atoms with Gasteiger partial charge < -0.3 is 5.73 Å². The summed E-state index contributed by atoms with van der Waals surface area (Å²) < 4.78 is 0. The van der Waals surface area contributed by atoms with Gasteiger partial charge in [0, 0.05) is 11.8 Å². The molecule has 0 unspecified atom stereocenters. The van der Waals surface area contributed by atoms with Crippen molar-refractivity contribution in [1.29, 1.82) is 0 Å². The molecule has 2 aromatic rings. The summed E-state index contributed by atoms with van der Waals surface area (Å²) in [5, 5.41) is 0. The van der Waals surface area contributed by atoms with E-state index in [0.717, 1.165) is 11.1 Å². The van der Waals surface area contributed by atoms with Crippen LogP contribution in [0.2, 0.25) is 0 Å². The summed E-state index contributed by atoms with van der Waals surface area (Å²) in [7, 11) is 0. The van der Waals surface area contributed by atoms with Crippen LogP contribution >= 0.6 is 0 Å². The van der Waals surface area contributed by atoms with Crippen molar-refractivity contribution in [3.63, 3.8) is 0 Å². The van der Waals surface area contributed by atoms with E-state index in [2.05, 4.69) is 4.99 Å². The van der Waals surface area contributed by atoms with Gasteiger partial charge in [-0.1, -0.05) is 72.8 Å². The lowest BCUT2D eigenvalue weighted by atomic mass is 10.2. The van der Waals surface area contributed by atoms with Gasteiger partial charge in [-0.2, -0.15) is 0 Å². The molecule has 0 aliphatic heterocycles. The Kier molecular flexibility index (Phi) is 4.71. The van der Waals surface area contributed by atoms with Crippen LogP contribution in [0.3, 0.4) is 0 Å². The lowest BCUT2D eigenvalue weighted by Gasteiger charge is -1.96. The van der Waals surface area contributed by atoms with E-state index in [9.17, 15) is 0 Å². The van der Waals surface area contributed by atoms with Crippen molar-refractivity contribution in [2.45, 2.75) is 0 Å². The fraction of sp³-hybridized carbons (Fsp3) is 0. The molecular weight excluding hydrogens is 232 g/mol. The van der Waals surface area contributed by atoms with Gasteiger partial charge >= 0.3 is 0 Å². The average Bonchev–Trinajstić information content (AvgIpc) is 2.49. The zero-order valence-corrected chi connectivity index (χ0v) is 10.6. The summed E-state index contributed by atoms with van der Waals surface area (Å²) in [5.41, 5.74) is 7.95. The highest BCUT2D eigenvalue weighted by atomic mass is 14.8. The van der Waals surface area contributed by atoms with E-state index >= 15 is 0 Å². The number of allylic oxidation sites excluding steroid dienone is 2. The lowest BCUT2D eigenvalue weighted by Crippen LogP contribution is -2.12. The summed E-state index contributed by atoms with van der Waals surface area (Å²) in [6.07, 6.45) is 7.52. The highest BCUT2D eigenvalue weighted by Crippen LogP contribution is 2.01. The number of amidine groups is 1. The standard InChI is InChI=1S/C17H16N2/c18-17(16-12-5-2-6-13-16)19-14-8-7-11-15-9-3-1-4-10-15/h1-14H,(H2,18,19). The van der Waals surface area contributed by atoms with Gasteiger partial charge in [-0.05, 0) is 11.6 Å². The molecule has 0 saturated heterocycles. The molecule has 0 radical (unpaired) electrons. The molecule has 94 valence electrons. The zero-order chi connectivity index (χ0) is 13.3. The van der Waals surface area contributed by atoms with Gasteiger partial charge in [0.2, 0.25) is 0 Å². The van der Waals surface area contributed by atoms with E-state index < -0.39 is 0 Å². The first-order valence-electron chi connectivity index (χ1n) is 6.13. The van der Waals surface area contributed by atoms with Crippen molar-refractivity contribution in [3.05, 3.63) is 90.1 Å². The fourth-order valence-corrected chi connectivity index (χ4v) is 1.59. The Morgan fingerprint density at radius 2 is 1.47 bits per heavy atom. The van der Waals surface area contributed by atoms with Crippen molar-refractivity contribution < 1.29 is 0 Å². The van der Waals surface area contributed by atoms with Gasteiger partial charge in [-0.3, -0.25) is 0 Å².